The van der Waals surface area contributed by atoms with Gasteiger partial charge in [-0.05, 0) is 40.0 Å². The molecule has 1 amide bonds. The van der Waals surface area contributed by atoms with Crippen molar-refractivity contribution in [2.75, 3.05) is 6.54 Å². The fraction of sp³-hybridized carbons (Fsp3) is 0.846. The molecular weight excluding hydrogens is 234 g/mol. The minimum absolute atomic E-state index is 0.0498. The second-order valence-electron chi connectivity index (χ2n) is 6.14. The maximum atomic E-state index is 12.0. The zero-order valence-corrected chi connectivity index (χ0v) is 11.8. The van der Waals surface area contributed by atoms with Crippen molar-refractivity contribution in [3.8, 4) is 0 Å². The van der Waals surface area contributed by atoms with Gasteiger partial charge in [0.25, 0.3) is 0 Å². The number of piperidine rings is 1. The van der Waals surface area contributed by atoms with Crippen molar-refractivity contribution in [1.82, 2.24) is 4.90 Å². The van der Waals surface area contributed by atoms with Gasteiger partial charge in [-0.1, -0.05) is 6.92 Å². The fourth-order valence-corrected chi connectivity index (χ4v) is 2.26. The number of carboxylic acids is 1. The molecule has 0 spiro atoms. The van der Waals surface area contributed by atoms with Crippen LogP contribution in [0.3, 0.4) is 0 Å². The highest BCUT2D eigenvalue weighted by atomic mass is 16.6. The largest absolute Gasteiger partial charge is 0.481 e. The van der Waals surface area contributed by atoms with Crippen molar-refractivity contribution in [2.24, 2.45) is 11.8 Å². The molecule has 0 aromatic carbocycles. The monoisotopic (exact) mass is 257 g/mol. The number of likely N-dealkylation sites (tertiary alicyclic amines) is 1. The Kier molecular flexibility index (Phi) is 4.24. The van der Waals surface area contributed by atoms with Gasteiger partial charge in [0.05, 0.1) is 5.92 Å². The molecule has 18 heavy (non-hydrogen) atoms. The van der Waals surface area contributed by atoms with E-state index < -0.39 is 11.6 Å². The Morgan fingerprint density at radius 1 is 1.28 bits per heavy atom. The number of hydrogen-bond acceptors (Lipinski definition) is 3. The summed E-state index contributed by atoms with van der Waals surface area (Å²) in [6.45, 7) is 9.63. The van der Waals surface area contributed by atoms with Crippen LogP contribution in [0.2, 0.25) is 0 Å². The lowest BCUT2D eigenvalue weighted by molar-refractivity contribution is -0.146. The first-order valence-corrected chi connectivity index (χ1v) is 6.34. The molecule has 0 bridgehead atoms. The molecule has 1 heterocycles. The third kappa shape index (κ3) is 3.62. The van der Waals surface area contributed by atoms with Crippen molar-refractivity contribution in [2.45, 2.75) is 52.7 Å². The van der Waals surface area contributed by atoms with Crippen LogP contribution in [-0.2, 0) is 9.53 Å². The minimum Gasteiger partial charge on any atom is -0.481 e. The number of nitrogens with zero attached hydrogens (tertiary/aromatic N) is 1. The molecule has 0 aliphatic carbocycles. The predicted molar refractivity (Wildman–Crippen MR) is 67.3 cm³/mol. The summed E-state index contributed by atoms with van der Waals surface area (Å²) in [4.78, 5) is 24.7. The van der Waals surface area contributed by atoms with Gasteiger partial charge >= 0.3 is 12.1 Å². The van der Waals surface area contributed by atoms with E-state index in [1.54, 1.807) is 4.90 Å². The number of carbonyl (C=O) groups is 2. The summed E-state index contributed by atoms with van der Waals surface area (Å²) in [7, 11) is 0. The molecule has 1 aliphatic heterocycles. The second-order valence-corrected chi connectivity index (χ2v) is 6.14. The molecule has 1 rings (SSSR count). The smallest absolute Gasteiger partial charge is 0.410 e. The Bertz CT molecular complexity index is 334. The van der Waals surface area contributed by atoms with Gasteiger partial charge in [-0.15, -0.1) is 0 Å². The third-order valence-corrected chi connectivity index (χ3v) is 3.24. The molecule has 1 fully saturated rings. The van der Waals surface area contributed by atoms with E-state index in [0.717, 1.165) is 0 Å². The minimum atomic E-state index is -0.779. The maximum Gasteiger partial charge on any atom is 0.410 e. The quantitative estimate of drug-likeness (QED) is 0.783. The highest BCUT2D eigenvalue weighted by Crippen LogP contribution is 2.29. The number of carboxylic acid groups (broad SMARTS) is 1. The molecule has 0 radical (unpaired) electrons. The van der Waals surface area contributed by atoms with E-state index in [-0.39, 0.29) is 24.0 Å². The molecule has 5 nitrogen and oxygen atoms in total. The number of ether oxygens (including phenoxy) is 1. The van der Waals surface area contributed by atoms with Crippen LogP contribution in [0.25, 0.3) is 0 Å². The molecule has 1 saturated heterocycles. The lowest BCUT2D eigenvalue weighted by Gasteiger charge is -2.40. The van der Waals surface area contributed by atoms with E-state index in [9.17, 15) is 9.59 Å². The summed E-state index contributed by atoms with van der Waals surface area (Å²) in [5, 5.41) is 9.10. The van der Waals surface area contributed by atoms with E-state index >= 15 is 0 Å². The number of aliphatic carboxylic acids is 1. The average molecular weight is 257 g/mol. The summed E-state index contributed by atoms with van der Waals surface area (Å²) in [6, 6.07) is -0.0999. The Morgan fingerprint density at radius 2 is 1.83 bits per heavy atom. The number of rotatable bonds is 1. The SMILES string of the molecule is C[C@H]1CN(C(=O)OC(C)(C)C)[C@@H](C)C[C@H]1C(=O)O. The van der Waals surface area contributed by atoms with E-state index in [0.29, 0.717) is 13.0 Å². The van der Waals surface area contributed by atoms with Crippen molar-refractivity contribution in [3.05, 3.63) is 0 Å². The highest BCUT2D eigenvalue weighted by molar-refractivity contribution is 5.72. The lowest BCUT2D eigenvalue weighted by atomic mass is 9.83. The van der Waals surface area contributed by atoms with Crippen LogP contribution in [0.1, 0.15) is 41.0 Å². The van der Waals surface area contributed by atoms with E-state index in [4.69, 9.17) is 9.84 Å². The molecule has 1 aliphatic rings. The van der Waals surface area contributed by atoms with Gasteiger partial charge in [0.2, 0.25) is 0 Å². The molecule has 1 N–H and O–H groups in total. The average Bonchev–Trinajstić information content (AvgIpc) is 2.17. The van der Waals surface area contributed by atoms with Crippen LogP contribution in [0.4, 0.5) is 4.79 Å². The van der Waals surface area contributed by atoms with Gasteiger partial charge in [-0.25, -0.2) is 4.79 Å². The standard InChI is InChI=1S/C13H23NO4/c1-8-7-14(12(17)18-13(3,4)5)9(2)6-10(8)11(15)16/h8-10H,6-7H2,1-5H3,(H,15,16)/t8-,9-,10+/m0/s1. The van der Waals surface area contributed by atoms with Crippen LogP contribution >= 0.6 is 0 Å². The zero-order chi connectivity index (χ0) is 14.1. The molecule has 0 aromatic rings. The first kappa shape index (κ1) is 14.8. The molecule has 0 aromatic heterocycles. The summed E-state index contributed by atoms with van der Waals surface area (Å²) >= 11 is 0. The Morgan fingerprint density at radius 3 is 2.28 bits per heavy atom. The molecule has 5 heteroatoms. The van der Waals surface area contributed by atoms with Crippen molar-refractivity contribution >= 4 is 12.1 Å². The van der Waals surface area contributed by atoms with Crippen molar-refractivity contribution in [1.29, 1.82) is 0 Å². The molecule has 3 atom stereocenters. The van der Waals surface area contributed by atoms with E-state index in [1.807, 2.05) is 34.6 Å². The Labute approximate surface area is 108 Å². The van der Waals surface area contributed by atoms with Gasteiger partial charge in [-0.3, -0.25) is 4.79 Å². The van der Waals surface area contributed by atoms with Gasteiger partial charge in [0.1, 0.15) is 5.60 Å². The van der Waals surface area contributed by atoms with E-state index in [2.05, 4.69) is 0 Å². The summed E-state index contributed by atoms with van der Waals surface area (Å²) in [5.74, 6) is -1.21. The summed E-state index contributed by atoms with van der Waals surface area (Å²) in [6.07, 6.45) is 0.126. The lowest BCUT2D eigenvalue weighted by Crippen LogP contribution is -2.51. The van der Waals surface area contributed by atoms with Crippen LogP contribution in [-0.4, -0.2) is 40.3 Å². The zero-order valence-electron chi connectivity index (χ0n) is 11.8. The number of hydrogen-bond donors (Lipinski definition) is 1. The summed E-state index contributed by atoms with van der Waals surface area (Å²) in [5.41, 5.74) is -0.524. The second kappa shape index (κ2) is 5.16. The van der Waals surface area contributed by atoms with Crippen LogP contribution in [0.15, 0.2) is 0 Å². The Balaban J connectivity index is 2.70. The number of amides is 1. The maximum absolute atomic E-state index is 12.0. The first-order valence-electron chi connectivity index (χ1n) is 6.34. The fourth-order valence-electron chi connectivity index (χ4n) is 2.26. The Hall–Kier alpha value is -1.26. The topological polar surface area (TPSA) is 66.8 Å². The molecule has 0 unspecified atom stereocenters. The summed E-state index contributed by atoms with van der Waals surface area (Å²) < 4.78 is 5.33. The van der Waals surface area contributed by atoms with Crippen molar-refractivity contribution in [3.63, 3.8) is 0 Å². The van der Waals surface area contributed by atoms with Crippen LogP contribution < -0.4 is 0 Å². The molecule has 104 valence electrons. The number of carbonyl (C=O) groups excluding carboxylic acids is 1. The predicted octanol–water partition coefficient (Wildman–Crippen LogP) is 2.35. The van der Waals surface area contributed by atoms with Gasteiger partial charge in [-0.2, -0.15) is 0 Å². The normalized spacial score (nSPS) is 28.9. The van der Waals surface area contributed by atoms with Crippen LogP contribution in [0, 0.1) is 11.8 Å². The third-order valence-electron chi connectivity index (χ3n) is 3.24. The molecular formula is C13H23NO4. The highest BCUT2D eigenvalue weighted by Gasteiger charge is 2.38. The van der Waals surface area contributed by atoms with Gasteiger partial charge in [0, 0.05) is 12.6 Å². The van der Waals surface area contributed by atoms with E-state index in [1.165, 1.54) is 0 Å². The first-order chi connectivity index (χ1) is 8.11. The van der Waals surface area contributed by atoms with Gasteiger partial charge in [0.15, 0.2) is 0 Å². The van der Waals surface area contributed by atoms with Crippen molar-refractivity contribution < 1.29 is 19.4 Å². The van der Waals surface area contributed by atoms with Crippen LogP contribution in [0.5, 0.6) is 0 Å². The van der Waals surface area contributed by atoms with Gasteiger partial charge < -0.3 is 14.7 Å². The molecule has 0 saturated carbocycles.